The van der Waals surface area contributed by atoms with Gasteiger partial charge >= 0.3 is 0 Å². The third-order valence-corrected chi connectivity index (χ3v) is 1.55. The van der Waals surface area contributed by atoms with Crippen LogP contribution in [0.25, 0.3) is 0 Å². The molecule has 0 atom stereocenters. The summed E-state index contributed by atoms with van der Waals surface area (Å²) in [6.45, 7) is 0. The molecule has 3 N–H and O–H groups in total. The van der Waals surface area contributed by atoms with Gasteiger partial charge < -0.3 is 20.3 Å². The summed E-state index contributed by atoms with van der Waals surface area (Å²) in [6, 6.07) is 3.19. The van der Waals surface area contributed by atoms with Crippen LogP contribution in [0.2, 0.25) is 0 Å². The molecule has 1 aromatic rings. The molecule has 12 heavy (non-hydrogen) atoms. The highest BCUT2D eigenvalue weighted by molar-refractivity contribution is 5.64. The topological polar surface area (TPSA) is 64.7 Å². The molecule has 0 aliphatic carbocycles. The van der Waals surface area contributed by atoms with E-state index in [1.807, 2.05) is 0 Å². The molecule has 4 heteroatoms. The summed E-state index contributed by atoms with van der Waals surface area (Å²) in [4.78, 5) is 0. The minimum Gasteiger partial charge on any atom is -0.503 e. The summed E-state index contributed by atoms with van der Waals surface area (Å²) in [5.41, 5.74) is 5.71. The maximum atomic E-state index is 9.38. The molecule has 0 radical (unpaired) electrons. The van der Waals surface area contributed by atoms with Crippen LogP contribution in [0, 0.1) is 0 Å². The van der Waals surface area contributed by atoms with E-state index in [0.29, 0.717) is 5.75 Å². The Morgan fingerprint density at radius 3 is 2.42 bits per heavy atom. The van der Waals surface area contributed by atoms with Crippen LogP contribution in [-0.2, 0) is 0 Å². The average Bonchev–Trinajstić information content (AvgIpc) is 2.09. The molecule has 4 nitrogen and oxygen atoms in total. The largest absolute Gasteiger partial charge is 0.503 e. The van der Waals surface area contributed by atoms with E-state index >= 15 is 0 Å². The molecule has 0 saturated carbocycles. The summed E-state index contributed by atoms with van der Waals surface area (Å²) >= 11 is 0. The number of nitrogens with two attached hydrogens (primary N) is 1. The SMILES string of the molecule is COc1ccc(N)c(O)c1OC. The van der Waals surface area contributed by atoms with Crippen molar-refractivity contribution in [3.8, 4) is 17.2 Å². The van der Waals surface area contributed by atoms with Crippen molar-refractivity contribution in [3.05, 3.63) is 12.1 Å². The Labute approximate surface area is 70.5 Å². The standard InChI is InChI=1S/C8H11NO3/c1-11-6-4-3-5(9)7(10)8(6)12-2/h3-4,10H,9H2,1-2H3. The summed E-state index contributed by atoms with van der Waals surface area (Å²) < 4.78 is 9.82. The monoisotopic (exact) mass is 169 g/mol. The van der Waals surface area contributed by atoms with Gasteiger partial charge in [-0.1, -0.05) is 0 Å². The highest BCUT2D eigenvalue weighted by Gasteiger charge is 2.11. The lowest BCUT2D eigenvalue weighted by Crippen LogP contribution is -1.93. The first-order chi connectivity index (χ1) is 5.70. The number of methoxy groups -OCH3 is 2. The van der Waals surface area contributed by atoms with Crippen LogP contribution in [0.15, 0.2) is 12.1 Å². The van der Waals surface area contributed by atoms with Gasteiger partial charge in [-0.05, 0) is 12.1 Å². The number of benzene rings is 1. The van der Waals surface area contributed by atoms with Crippen molar-refractivity contribution in [1.29, 1.82) is 0 Å². The average molecular weight is 169 g/mol. The van der Waals surface area contributed by atoms with Crippen molar-refractivity contribution in [3.63, 3.8) is 0 Å². The van der Waals surface area contributed by atoms with Crippen molar-refractivity contribution in [2.75, 3.05) is 20.0 Å². The molecule has 1 aromatic carbocycles. The molecule has 0 amide bonds. The fraction of sp³-hybridized carbons (Fsp3) is 0.250. The third-order valence-electron chi connectivity index (χ3n) is 1.55. The number of anilines is 1. The number of nitrogen functional groups attached to an aromatic ring is 1. The molecular formula is C8H11NO3. The van der Waals surface area contributed by atoms with E-state index in [0.717, 1.165) is 0 Å². The van der Waals surface area contributed by atoms with Gasteiger partial charge in [-0.3, -0.25) is 0 Å². The molecular weight excluding hydrogens is 158 g/mol. The number of hydrogen-bond donors (Lipinski definition) is 2. The Balaban J connectivity index is 3.25. The zero-order valence-electron chi connectivity index (χ0n) is 7.00. The van der Waals surface area contributed by atoms with Crippen molar-refractivity contribution in [1.82, 2.24) is 0 Å². The van der Waals surface area contributed by atoms with E-state index in [9.17, 15) is 5.11 Å². The summed E-state index contributed by atoms with van der Waals surface area (Å²) in [5.74, 6) is 0.638. The van der Waals surface area contributed by atoms with Crippen molar-refractivity contribution in [2.24, 2.45) is 0 Å². The maximum Gasteiger partial charge on any atom is 0.205 e. The number of phenolic OH excluding ortho intramolecular Hbond substituents is 1. The maximum absolute atomic E-state index is 9.38. The number of aromatic hydroxyl groups is 1. The first kappa shape index (κ1) is 8.52. The molecule has 1 rings (SSSR count). The van der Waals surface area contributed by atoms with Crippen molar-refractivity contribution >= 4 is 5.69 Å². The summed E-state index contributed by atoms with van der Waals surface area (Å²) in [5, 5.41) is 9.38. The van der Waals surface area contributed by atoms with Gasteiger partial charge in [0.2, 0.25) is 5.75 Å². The molecule has 0 aromatic heterocycles. The van der Waals surface area contributed by atoms with Gasteiger partial charge in [0.05, 0.1) is 19.9 Å². The van der Waals surface area contributed by atoms with E-state index in [1.54, 1.807) is 12.1 Å². The van der Waals surface area contributed by atoms with Crippen LogP contribution < -0.4 is 15.2 Å². The first-order valence-electron chi connectivity index (χ1n) is 3.40. The quantitative estimate of drug-likeness (QED) is 0.512. The van der Waals surface area contributed by atoms with E-state index in [-0.39, 0.29) is 17.2 Å². The van der Waals surface area contributed by atoms with Crippen molar-refractivity contribution in [2.45, 2.75) is 0 Å². The summed E-state index contributed by atoms with van der Waals surface area (Å²) in [7, 11) is 2.94. The fourth-order valence-corrected chi connectivity index (χ4v) is 0.926. The molecule has 0 spiro atoms. The molecule has 0 heterocycles. The molecule has 0 unspecified atom stereocenters. The molecule has 0 bridgehead atoms. The molecule has 0 fully saturated rings. The smallest absolute Gasteiger partial charge is 0.205 e. The lowest BCUT2D eigenvalue weighted by Gasteiger charge is -2.09. The number of ether oxygens (including phenoxy) is 2. The zero-order chi connectivity index (χ0) is 9.14. The third kappa shape index (κ3) is 1.23. The van der Waals surface area contributed by atoms with Gasteiger partial charge in [0.15, 0.2) is 11.5 Å². The van der Waals surface area contributed by atoms with Crippen molar-refractivity contribution < 1.29 is 14.6 Å². The van der Waals surface area contributed by atoms with Gasteiger partial charge in [0.1, 0.15) is 0 Å². The Morgan fingerprint density at radius 1 is 1.25 bits per heavy atom. The lowest BCUT2D eigenvalue weighted by molar-refractivity contribution is 0.334. The van der Waals surface area contributed by atoms with Crippen LogP contribution in [0.3, 0.4) is 0 Å². The van der Waals surface area contributed by atoms with E-state index in [2.05, 4.69) is 0 Å². The Hall–Kier alpha value is -1.58. The van der Waals surface area contributed by atoms with Crippen LogP contribution >= 0.6 is 0 Å². The molecule has 0 aliphatic rings. The zero-order valence-corrected chi connectivity index (χ0v) is 7.00. The summed E-state index contributed by atoms with van der Waals surface area (Å²) in [6.07, 6.45) is 0. The van der Waals surface area contributed by atoms with Gasteiger partial charge in [-0.2, -0.15) is 0 Å². The highest BCUT2D eigenvalue weighted by Crippen LogP contribution is 2.39. The highest BCUT2D eigenvalue weighted by atomic mass is 16.5. The number of hydrogen-bond acceptors (Lipinski definition) is 4. The van der Waals surface area contributed by atoms with Crippen LogP contribution in [-0.4, -0.2) is 19.3 Å². The van der Waals surface area contributed by atoms with Gasteiger partial charge in [-0.15, -0.1) is 0 Å². The predicted octanol–water partition coefficient (Wildman–Crippen LogP) is 0.992. The minimum atomic E-state index is -0.0862. The second kappa shape index (κ2) is 3.21. The molecule has 0 aliphatic heterocycles. The molecule has 66 valence electrons. The predicted molar refractivity (Wildman–Crippen MR) is 45.6 cm³/mol. The number of phenols is 1. The van der Waals surface area contributed by atoms with E-state index in [1.165, 1.54) is 14.2 Å². The van der Waals surface area contributed by atoms with Gasteiger partial charge in [0, 0.05) is 0 Å². The Kier molecular flexibility index (Phi) is 2.28. The Bertz CT molecular complexity index is 286. The van der Waals surface area contributed by atoms with Crippen LogP contribution in [0.5, 0.6) is 17.2 Å². The lowest BCUT2D eigenvalue weighted by atomic mass is 10.2. The van der Waals surface area contributed by atoms with Crippen LogP contribution in [0.1, 0.15) is 0 Å². The van der Waals surface area contributed by atoms with Gasteiger partial charge in [0.25, 0.3) is 0 Å². The second-order valence-corrected chi connectivity index (χ2v) is 2.24. The normalized spacial score (nSPS) is 9.50. The second-order valence-electron chi connectivity index (χ2n) is 2.24. The van der Waals surface area contributed by atoms with Gasteiger partial charge in [-0.25, -0.2) is 0 Å². The Morgan fingerprint density at radius 2 is 1.92 bits per heavy atom. The van der Waals surface area contributed by atoms with Crippen LogP contribution in [0.4, 0.5) is 5.69 Å². The number of rotatable bonds is 2. The van der Waals surface area contributed by atoms with E-state index < -0.39 is 0 Å². The minimum absolute atomic E-state index is 0.0862. The van der Waals surface area contributed by atoms with E-state index in [4.69, 9.17) is 15.2 Å². The first-order valence-corrected chi connectivity index (χ1v) is 3.40. The molecule has 0 saturated heterocycles. The fourth-order valence-electron chi connectivity index (χ4n) is 0.926.